The number of rotatable bonds is 3. The van der Waals surface area contributed by atoms with E-state index in [-0.39, 0.29) is 11.7 Å². The minimum Gasteiger partial charge on any atom is -0.294 e. The number of hydrogen-bond donors (Lipinski definition) is 0. The molecule has 70 valence electrons. The van der Waals surface area contributed by atoms with Gasteiger partial charge in [-0.15, -0.1) is 0 Å². The van der Waals surface area contributed by atoms with E-state index < -0.39 is 0 Å². The maximum atomic E-state index is 11.7. The van der Waals surface area contributed by atoms with Gasteiger partial charge in [0.05, 0.1) is 11.8 Å². The molecule has 13 heavy (non-hydrogen) atoms. The van der Waals surface area contributed by atoms with Crippen LogP contribution in [0.2, 0.25) is 0 Å². The quantitative estimate of drug-likeness (QED) is 0.661. The molecular formula is C10H14N2O. The van der Waals surface area contributed by atoms with Gasteiger partial charge in [0.15, 0.2) is 5.78 Å². The van der Waals surface area contributed by atoms with E-state index in [2.05, 4.69) is 12.0 Å². The molecule has 3 heteroatoms. The highest BCUT2D eigenvalue weighted by Gasteiger charge is 2.39. The molecule has 0 aliphatic heterocycles. The molecule has 3 nitrogen and oxygen atoms in total. The van der Waals surface area contributed by atoms with Crippen molar-refractivity contribution >= 4 is 5.78 Å². The number of ketones is 1. The zero-order valence-corrected chi connectivity index (χ0v) is 8.03. The van der Waals surface area contributed by atoms with Crippen LogP contribution in [0.5, 0.6) is 0 Å². The van der Waals surface area contributed by atoms with Crippen LogP contribution in [-0.4, -0.2) is 15.6 Å². The first-order chi connectivity index (χ1) is 6.22. The highest BCUT2D eigenvalue weighted by Crippen LogP contribution is 2.40. The molecule has 1 heterocycles. The first kappa shape index (κ1) is 8.48. The zero-order valence-electron chi connectivity index (χ0n) is 8.03. The summed E-state index contributed by atoms with van der Waals surface area (Å²) in [5.41, 5.74) is 0.774. The summed E-state index contributed by atoms with van der Waals surface area (Å²) in [4.78, 5) is 11.7. The largest absolute Gasteiger partial charge is 0.294 e. The van der Waals surface area contributed by atoms with Crippen molar-refractivity contribution in [1.82, 2.24) is 9.78 Å². The topological polar surface area (TPSA) is 34.9 Å². The maximum Gasteiger partial charge on any atom is 0.169 e. The van der Waals surface area contributed by atoms with Crippen LogP contribution < -0.4 is 0 Å². The predicted molar refractivity (Wildman–Crippen MR) is 49.5 cm³/mol. The van der Waals surface area contributed by atoms with Crippen LogP contribution in [-0.2, 0) is 6.54 Å². The molecule has 0 aromatic carbocycles. The molecular weight excluding hydrogens is 164 g/mol. The van der Waals surface area contributed by atoms with Gasteiger partial charge in [0.2, 0.25) is 0 Å². The number of aryl methyl sites for hydroxylation is 1. The molecule has 1 aromatic heterocycles. The summed E-state index contributed by atoms with van der Waals surface area (Å²) >= 11 is 0. The SMILES string of the molecule is CCn1cc(C(=O)C2CC2C)cn1. The first-order valence-electron chi connectivity index (χ1n) is 4.79. The van der Waals surface area contributed by atoms with E-state index in [0.29, 0.717) is 5.92 Å². The van der Waals surface area contributed by atoms with E-state index in [1.54, 1.807) is 10.9 Å². The lowest BCUT2D eigenvalue weighted by atomic mass is 10.1. The summed E-state index contributed by atoms with van der Waals surface area (Å²) in [6.07, 6.45) is 4.57. The summed E-state index contributed by atoms with van der Waals surface area (Å²) in [6, 6.07) is 0. The van der Waals surface area contributed by atoms with E-state index in [1.165, 1.54) is 0 Å². The summed E-state index contributed by atoms with van der Waals surface area (Å²) in [5.74, 6) is 1.12. The smallest absolute Gasteiger partial charge is 0.169 e. The Morgan fingerprint density at radius 1 is 1.77 bits per heavy atom. The number of nitrogens with zero attached hydrogens (tertiary/aromatic N) is 2. The molecule has 2 rings (SSSR count). The molecule has 0 bridgehead atoms. The standard InChI is InChI=1S/C10H14N2O/c1-3-12-6-8(5-11-12)10(13)9-4-7(9)2/h5-7,9H,3-4H2,1-2H3. The third-order valence-corrected chi connectivity index (χ3v) is 2.69. The highest BCUT2D eigenvalue weighted by molar-refractivity contribution is 5.99. The average molecular weight is 178 g/mol. The van der Waals surface area contributed by atoms with E-state index in [9.17, 15) is 4.79 Å². The molecule has 0 radical (unpaired) electrons. The predicted octanol–water partition coefficient (Wildman–Crippen LogP) is 1.74. The molecule has 1 aliphatic rings. The van der Waals surface area contributed by atoms with Gasteiger partial charge in [-0.2, -0.15) is 5.10 Å². The average Bonchev–Trinajstić information content (AvgIpc) is 2.70. The van der Waals surface area contributed by atoms with Gasteiger partial charge in [-0.3, -0.25) is 9.48 Å². The van der Waals surface area contributed by atoms with Crippen LogP contribution in [0.3, 0.4) is 0 Å². The third kappa shape index (κ3) is 1.50. The monoisotopic (exact) mass is 178 g/mol. The maximum absolute atomic E-state index is 11.7. The summed E-state index contributed by atoms with van der Waals surface area (Å²) < 4.78 is 1.79. The second-order valence-electron chi connectivity index (χ2n) is 3.77. The van der Waals surface area contributed by atoms with Crippen molar-refractivity contribution < 1.29 is 4.79 Å². The van der Waals surface area contributed by atoms with Crippen molar-refractivity contribution in [2.24, 2.45) is 11.8 Å². The van der Waals surface area contributed by atoms with Crippen molar-refractivity contribution in [2.75, 3.05) is 0 Å². The van der Waals surface area contributed by atoms with Crippen LogP contribution >= 0.6 is 0 Å². The zero-order chi connectivity index (χ0) is 9.42. The van der Waals surface area contributed by atoms with E-state index in [4.69, 9.17) is 0 Å². The van der Waals surface area contributed by atoms with Crippen LogP contribution in [0, 0.1) is 11.8 Å². The van der Waals surface area contributed by atoms with Crippen molar-refractivity contribution in [3.8, 4) is 0 Å². The van der Waals surface area contributed by atoms with E-state index >= 15 is 0 Å². The van der Waals surface area contributed by atoms with Crippen molar-refractivity contribution in [3.05, 3.63) is 18.0 Å². The Morgan fingerprint density at radius 3 is 2.92 bits per heavy atom. The Balaban J connectivity index is 2.11. The fourth-order valence-corrected chi connectivity index (χ4v) is 1.57. The summed E-state index contributed by atoms with van der Waals surface area (Å²) in [7, 11) is 0. The fraction of sp³-hybridized carbons (Fsp3) is 0.600. The van der Waals surface area contributed by atoms with Crippen LogP contribution in [0.1, 0.15) is 30.6 Å². The minimum atomic E-state index is 0.271. The second kappa shape index (κ2) is 2.98. The molecule has 0 amide bonds. The molecule has 1 aromatic rings. The summed E-state index contributed by atoms with van der Waals surface area (Å²) in [6.45, 7) is 4.96. The fourth-order valence-electron chi connectivity index (χ4n) is 1.57. The van der Waals surface area contributed by atoms with Crippen LogP contribution in [0.15, 0.2) is 12.4 Å². The lowest BCUT2D eigenvalue weighted by molar-refractivity contribution is 0.0962. The Morgan fingerprint density at radius 2 is 2.46 bits per heavy atom. The van der Waals surface area contributed by atoms with Gasteiger partial charge in [0, 0.05) is 18.7 Å². The van der Waals surface area contributed by atoms with Gasteiger partial charge in [0.25, 0.3) is 0 Å². The molecule has 0 N–H and O–H groups in total. The normalized spacial score (nSPS) is 26.0. The number of Topliss-reactive ketones (excluding diaryl/α,β-unsaturated/α-hetero) is 1. The highest BCUT2D eigenvalue weighted by atomic mass is 16.1. The van der Waals surface area contributed by atoms with Gasteiger partial charge >= 0.3 is 0 Å². The van der Waals surface area contributed by atoms with Crippen molar-refractivity contribution in [1.29, 1.82) is 0 Å². The van der Waals surface area contributed by atoms with Crippen LogP contribution in [0.25, 0.3) is 0 Å². The lowest BCUT2D eigenvalue weighted by Crippen LogP contribution is -2.01. The summed E-state index contributed by atoms with van der Waals surface area (Å²) in [5, 5.41) is 4.09. The Hall–Kier alpha value is -1.12. The number of carbonyl (C=O) groups excluding carboxylic acids is 1. The first-order valence-corrected chi connectivity index (χ1v) is 4.79. The van der Waals surface area contributed by atoms with E-state index in [0.717, 1.165) is 18.5 Å². The molecule has 1 fully saturated rings. The third-order valence-electron chi connectivity index (χ3n) is 2.69. The van der Waals surface area contributed by atoms with Gasteiger partial charge in [-0.25, -0.2) is 0 Å². The van der Waals surface area contributed by atoms with Gasteiger partial charge in [0.1, 0.15) is 0 Å². The van der Waals surface area contributed by atoms with Crippen molar-refractivity contribution in [3.63, 3.8) is 0 Å². The molecule has 2 atom stereocenters. The molecule has 0 saturated heterocycles. The Kier molecular flexibility index (Phi) is 1.94. The van der Waals surface area contributed by atoms with Crippen LogP contribution in [0.4, 0.5) is 0 Å². The number of carbonyl (C=O) groups is 1. The van der Waals surface area contributed by atoms with E-state index in [1.807, 2.05) is 13.1 Å². The number of aromatic nitrogens is 2. The van der Waals surface area contributed by atoms with Gasteiger partial charge in [-0.05, 0) is 19.3 Å². The Labute approximate surface area is 77.7 Å². The minimum absolute atomic E-state index is 0.271. The second-order valence-corrected chi connectivity index (χ2v) is 3.77. The van der Waals surface area contributed by atoms with Gasteiger partial charge < -0.3 is 0 Å². The molecule has 1 saturated carbocycles. The number of hydrogen-bond acceptors (Lipinski definition) is 2. The molecule has 0 spiro atoms. The lowest BCUT2D eigenvalue weighted by Gasteiger charge is -1.93. The van der Waals surface area contributed by atoms with Gasteiger partial charge in [-0.1, -0.05) is 6.92 Å². The molecule has 1 aliphatic carbocycles. The van der Waals surface area contributed by atoms with Crippen molar-refractivity contribution in [2.45, 2.75) is 26.8 Å². The Bertz CT molecular complexity index is 329. The molecule has 2 unspecified atom stereocenters.